The van der Waals surface area contributed by atoms with Gasteiger partial charge in [0.25, 0.3) is 0 Å². The molecule has 0 radical (unpaired) electrons. The second-order valence-electron chi connectivity index (χ2n) is 4.04. The summed E-state index contributed by atoms with van der Waals surface area (Å²) in [5.74, 6) is -0.585. The van der Waals surface area contributed by atoms with E-state index in [1.165, 1.54) is 24.3 Å². The van der Waals surface area contributed by atoms with Gasteiger partial charge in [-0.3, -0.25) is 0 Å². The van der Waals surface area contributed by atoms with Crippen LogP contribution in [0.1, 0.15) is 11.1 Å². The Morgan fingerprint density at radius 3 is 2.26 bits per heavy atom. The van der Waals surface area contributed by atoms with E-state index in [1.807, 2.05) is 0 Å². The molecule has 2 aromatic rings. The standard InChI is InChI=1S/C14H10F4O/c15-13-5-4-10(6-11(13)8-19)9-2-1-3-12(7-9)14(16,17)18/h1-7,19H,8H2. The van der Waals surface area contributed by atoms with E-state index in [4.69, 9.17) is 5.11 Å². The van der Waals surface area contributed by atoms with E-state index in [0.717, 1.165) is 18.2 Å². The Labute approximate surface area is 107 Å². The highest BCUT2D eigenvalue weighted by Crippen LogP contribution is 2.32. The third kappa shape index (κ3) is 2.93. The molecule has 0 amide bonds. The van der Waals surface area contributed by atoms with Crippen molar-refractivity contribution in [3.05, 3.63) is 59.4 Å². The van der Waals surface area contributed by atoms with Gasteiger partial charge >= 0.3 is 6.18 Å². The zero-order chi connectivity index (χ0) is 14.0. The first-order valence-corrected chi connectivity index (χ1v) is 5.49. The zero-order valence-corrected chi connectivity index (χ0v) is 9.71. The summed E-state index contributed by atoms with van der Waals surface area (Å²) in [4.78, 5) is 0. The van der Waals surface area contributed by atoms with E-state index in [-0.39, 0.29) is 5.56 Å². The van der Waals surface area contributed by atoms with Gasteiger partial charge in [0, 0.05) is 5.56 Å². The van der Waals surface area contributed by atoms with Gasteiger partial charge in [-0.05, 0) is 35.4 Å². The van der Waals surface area contributed by atoms with Crippen molar-refractivity contribution in [2.24, 2.45) is 0 Å². The molecule has 0 bridgehead atoms. The summed E-state index contributed by atoms with van der Waals surface area (Å²) in [6.45, 7) is -0.501. The Bertz CT molecular complexity index is 590. The van der Waals surface area contributed by atoms with Crippen LogP contribution in [0.4, 0.5) is 17.6 Å². The molecule has 0 saturated carbocycles. The van der Waals surface area contributed by atoms with Crippen LogP contribution in [-0.2, 0) is 12.8 Å². The van der Waals surface area contributed by atoms with E-state index in [1.54, 1.807) is 0 Å². The normalized spacial score (nSPS) is 11.6. The monoisotopic (exact) mass is 270 g/mol. The van der Waals surface area contributed by atoms with Crippen molar-refractivity contribution in [3.8, 4) is 11.1 Å². The van der Waals surface area contributed by atoms with Gasteiger partial charge in [0.1, 0.15) is 5.82 Å². The SMILES string of the molecule is OCc1cc(-c2cccc(C(F)(F)F)c2)ccc1F. The number of aliphatic hydroxyl groups excluding tert-OH is 1. The number of hydrogen-bond donors (Lipinski definition) is 1. The van der Waals surface area contributed by atoms with Crippen LogP contribution in [0.2, 0.25) is 0 Å². The van der Waals surface area contributed by atoms with Crippen LogP contribution >= 0.6 is 0 Å². The highest BCUT2D eigenvalue weighted by molar-refractivity contribution is 5.65. The van der Waals surface area contributed by atoms with Gasteiger partial charge < -0.3 is 5.11 Å². The van der Waals surface area contributed by atoms with E-state index in [9.17, 15) is 17.6 Å². The molecule has 0 atom stereocenters. The Balaban J connectivity index is 2.47. The maximum Gasteiger partial charge on any atom is 0.416 e. The summed E-state index contributed by atoms with van der Waals surface area (Å²) >= 11 is 0. The minimum absolute atomic E-state index is 0.0508. The predicted octanol–water partition coefficient (Wildman–Crippen LogP) is 4.00. The summed E-state index contributed by atoms with van der Waals surface area (Å²) in [6.07, 6.45) is -4.42. The average Bonchev–Trinajstić information content (AvgIpc) is 2.38. The Hall–Kier alpha value is -1.88. The van der Waals surface area contributed by atoms with Gasteiger partial charge in [-0.2, -0.15) is 13.2 Å². The molecule has 19 heavy (non-hydrogen) atoms. The lowest BCUT2D eigenvalue weighted by atomic mass is 10.0. The minimum Gasteiger partial charge on any atom is -0.392 e. The summed E-state index contributed by atoms with van der Waals surface area (Å²) < 4.78 is 51.0. The molecule has 2 rings (SSSR count). The van der Waals surface area contributed by atoms with Crippen LogP contribution in [-0.4, -0.2) is 5.11 Å². The molecule has 2 aromatic carbocycles. The van der Waals surface area contributed by atoms with Crippen molar-refractivity contribution in [2.45, 2.75) is 12.8 Å². The van der Waals surface area contributed by atoms with Gasteiger partial charge in [-0.15, -0.1) is 0 Å². The number of hydrogen-bond acceptors (Lipinski definition) is 1. The van der Waals surface area contributed by atoms with E-state index in [0.29, 0.717) is 11.1 Å². The topological polar surface area (TPSA) is 20.2 Å². The lowest BCUT2D eigenvalue weighted by molar-refractivity contribution is -0.137. The van der Waals surface area contributed by atoms with Gasteiger partial charge in [0.2, 0.25) is 0 Å². The molecule has 0 aliphatic rings. The summed E-state index contributed by atoms with van der Waals surface area (Å²) in [6, 6.07) is 8.61. The molecule has 0 aromatic heterocycles. The molecule has 0 fully saturated rings. The van der Waals surface area contributed by atoms with Crippen LogP contribution in [0.25, 0.3) is 11.1 Å². The fourth-order valence-corrected chi connectivity index (χ4v) is 1.75. The predicted molar refractivity (Wildman–Crippen MR) is 62.8 cm³/mol. The van der Waals surface area contributed by atoms with E-state index < -0.39 is 24.2 Å². The maximum absolute atomic E-state index is 13.2. The average molecular weight is 270 g/mol. The fourth-order valence-electron chi connectivity index (χ4n) is 1.75. The van der Waals surface area contributed by atoms with Gasteiger partial charge in [-0.25, -0.2) is 4.39 Å². The van der Waals surface area contributed by atoms with Crippen molar-refractivity contribution < 1.29 is 22.7 Å². The smallest absolute Gasteiger partial charge is 0.392 e. The summed E-state index contributed by atoms with van der Waals surface area (Å²) in [5, 5.41) is 8.95. The minimum atomic E-state index is -4.42. The summed E-state index contributed by atoms with van der Waals surface area (Å²) in [5.41, 5.74) is 0.0378. The number of rotatable bonds is 2. The van der Waals surface area contributed by atoms with Gasteiger partial charge in [0.15, 0.2) is 0 Å². The Morgan fingerprint density at radius 2 is 1.63 bits per heavy atom. The molecule has 100 valence electrons. The summed E-state index contributed by atoms with van der Waals surface area (Å²) in [7, 11) is 0. The van der Waals surface area contributed by atoms with Gasteiger partial charge in [0.05, 0.1) is 12.2 Å². The van der Waals surface area contributed by atoms with Crippen LogP contribution in [0.5, 0.6) is 0 Å². The Morgan fingerprint density at radius 1 is 0.947 bits per heavy atom. The quantitative estimate of drug-likeness (QED) is 0.818. The van der Waals surface area contributed by atoms with E-state index >= 15 is 0 Å². The zero-order valence-electron chi connectivity index (χ0n) is 9.71. The second kappa shape index (κ2) is 5.01. The molecule has 0 spiro atoms. The number of aliphatic hydroxyl groups is 1. The molecule has 0 aliphatic carbocycles. The molecule has 1 N–H and O–H groups in total. The molecule has 0 unspecified atom stereocenters. The fraction of sp³-hybridized carbons (Fsp3) is 0.143. The lowest BCUT2D eigenvalue weighted by Crippen LogP contribution is -2.04. The molecule has 5 heteroatoms. The third-order valence-electron chi connectivity index (χ3n) is 2.74. The first-order chi connectivity index (χ1) is 8.91. The van der Waals surface area contributed by atoms with Crippen molar-refractivity contribution in [1.82, 2.24) is 0 Å². The first-order valence-electron chi connectivity index (χ1n) is 5.49. The Kier molecular flexibility index (Phi) is 3.57. The molecule has 1 nitrogen and oxygen atoms in total. The number of alkyl halides is 3. The molecular formula is C14H10F4O. The first kappa shape index (κ1) is 13.5. The van der Waals surface area contributed by atoms with Crippen LogP contribution in [0, 0.1) is 5.82 Å². The van der Waals surface area contributed by atoms with Crippen molar-refractivity contribution in [3.63, 3.8) is 0 Å². The van der Waals surface area contributed by atoms with Gasteiger partial charge in [-0.1, -0.05) is 18.2 Å². The van der Waals surface area contributed by atoms with Crippen molar-refractivity contribution in [2.75, 3.05) is 0 Å². The van der Waals surface area contributed by atoms with Crippen LogP contribution < -0.4 is 0 Å². The highest BCUT2D eigenvalue weighted by atomic mass is 19.4. The number of halogens is 4. The molecule has 0 saturated heterocycles. The molecular weight excluding hydrogens is 260 g/mol. The van der Waals surface area contributed by atoms with Crippen molar-refractivity contribution >= 4 is 0 Å². The third-order valence-corrected chi connectivity index (χ3v) is 2.74. The van der Waals surface area contributed by atoms with Crippen molar-refractivity contribution in [1.29, 1.82) is 0 Å². The molecule has 0 heterocycles. The maximum atomic E-state index is 13.2. The highest BCUT2D eigenvalue weighted by Gasteiger charge is 2.30. The molecule has 0 aliphatic heterocycles. The largest absolute Gasteiger partial charge is 0.416 e. The number of benzene rings is 2. The van der Waals surface area contributed by atoms with Crippen LogP contribution in [0.15, 0.2) is 42.5 Å². The van der Waals surface area contributed by atoms with Crippen LogP contribution in [0.3, 0.4) is 0 Å². The second-order valence-corrected chi connectivity index (χ2v) is 4.04. The lowest BCUT2D eigenvalue weighted by Gasteiger charge is -2.10. The van der Waals surface area contributed by atoms with E-state index in [2.05, 4.69) is 0 Å².